The van der Waals surface area contributed by atoms with Crippen molar-refractivity contribution in [2.75, 3.05) is 7.05 Å². The van der Waals surface area contributed by atoms with Crippen LogP contribution in [0.3, 0.4) is 0 Å². The van der Waals surface area contributed by atoms with Crippen LogP contribution in [0.5, 0.6) is 0 Å². The van der Waals surface area contributed by atoms with E-state index >= 15 is 0 Å². The first-order valence-electron chi connectivity index (χ1n) is 4.92. The van der Waals surface area contributed by atoms with Crippen molar-refractivity contribution in [2.24, 2.45) is 0 Å². The Morgan fingerprint density at radius 1 is 1.20 bits per heavy atom. The number of hydrogen-bond acceptors (Lipinski definition) is 3. The van der Waals surface area contributed by atoms with E-state index in [1.807, 2.05) is 45.2 Å². The smallest absolute Gasteiger partial charge is 0.142 e. The molecule has 0 spiro atoms. The Morgan fingerprint density at radius 2 is 1.80 bits per heavy atom. The fourth-order valence-corrected chi connectivity index (χ4v) is 1.42. The minimum atomic E-state index is 0.774. The van der Waals surface area contributed by atoms with Gasteiger partial charge in [0.25, 0.3) is 0 Å². The molecule has 1 aromatic rings. The fourth-order valence-electron chi connectivity index (χ4n) is 0.915. The van der Waals surface area contributed by atoms with E-state index in [4.69, 9.17) is 0 Å². The van der Waals surface area contributed by atoms with E-state index in [0.29, 0.717) is 0 Å². The lowest BCUT2D eigenvalue weighted by Gasteiger charge is -1.98. The lowest BCUT2D eigenvalue weighted by atomic mass is 10.2. The molecule has 1 N–H and O–H groups in total. The molecule has 0 amide bonds. The van der Waals surface area contributed by atoms with Crippen molar-refractivity contribution in [3.63, 3.8) is 0 Å². The molecule has 0 heterocycles. The van der Waals surface area contributed by atoms with Crippen molar-refractivity contribution >= 4 is 24.3 Å². The summed E-state index contributed by atoms with van der Waals surface area (Å²) in [6.45, 7) is 4.00. The average Bonchev–Trinajstić information content (AvgIpc) is 2.31. The van der Waals surface area contributed by atoms with Crippen molar-refractivity contribution in [1.29, 1.82) is 0 Å². The van der Waals surface area contributed by atoms with Gasteiger partial charge in [-0.05, 0) is 42.8 Å². The van der Waals surface area contributed by atoms with Crippen LogP contribution >= 0.6 is 11.9 Å². The van der Waals surface area contributed by atoms with Crippen molar-refractivity contribution in [3.05, 3.63) is 35.9 Å². The normalized spacial score (nSPS) is 9.53. The molecule has 0 saturated heterocycles. The van der Waals surface area contributed by atoms with Crippen LogP contribution in [0, 0.1) is 0 Å². The first-order valence-corrected chi connectivity index (χ1v) is 5.74. The lowest BCUT2D eigenvalue weighted by Crippen LogP contribution is -1.89. The highest BCUT2D eigenvalue weighted by molar-refractivity contribution is 7.97. The van der Waals surface area contributed by atoms with Gasteiger partial charge in [-0.1, -0.05) is 32.1 Å². The van der Waals surface area contributed by atoms with Crippen LogP contribution < -0.4 is 4.72 Å². The molecule has 15 heavy (non-hydrogen) atoms. The third-order valence-corrected chi connectivity index (χ3v) is 2.18. The van der Waals surface area contributed by atoms with Crippen molar-refractivity contribution in [2.45, 2.75) is 18.7 Å². The Labute approximate surface area is 95.9 Å². The second-order valence-corrected chi connectivity index (χ2v) is 3.45. The third-order valence-electron chi connectivity index (χ3n) is 1.47. The van der Waals surface area contributed by atoms with Gasteiger partial charge in [-0.15, -0.1) is 0 Å². The number of allylic oxidation sites excluding steroid dienone is 1. The van der Waals surface area contributed by atoms with E-state index in [2.05, 4.69) is 4.72 Å². The number of aldehydes is 1. The zero-order valence-electron chi connectivity index (χ0n) is 9.36. The summed E-state index contributed by atoms with van der Waals surface area (Å²) in [7, 11) is 1.88. The molecule has 1 aromatic carbocycles. The summed E-state index contributed by atoms with van der Waals surface area (Å²) in [6, 6.07) is 7.95. The molecule has 0 atom stereocenters. The quantitative estimate of drug-likeness (QED) is 0.483. The third kappa shape index (κ3) is 6.10. The van der Waals surface area contributed by atoms with Gasteiger partial charge in [0.15, 0.2) is 0 Å². The molecule has 3 heteroatoms. The summed E-state index contributed by atoms with van der Waals surface area (Å²) in [5, 5.41) is 0. The molecule has 1 rings (SSSR count). The van der Waals surface area contributed by atoms with E-state index in [1.54, 1.807) is 18.0 Å². The van der Waals surface area contributed by atoms with Crippen molar-refractivity contribution in [1.82, 2.24) is 4.72 Å². The first-order chi connectivity index (χ1) is 7.36. The van der Waals surface area contributed by atoms with Gasteiger partial charge in [0.2, 0.25) is 0 Å². The maximum Gasteiger partial charge on any atom is 0.142 e. The van der Waals surface area contributed by atoms with Gasteiger partial charge in [-0.25, -0.2) is 0 Å². The zero-order chi connectivity index (χ0) is 11.5. The molecular formula is C12H17NOS. The van der Waals surface area contributed by atoms with Crippen LogP contribution in [0.15, 0.2) is 35.2 Å². The van der Waals surface area contributed by atoms with Crippen LogP contribution in [0.4, 0.5) is 0 Å². The second kappa shape index (κ2) is 9.49. The molecular weight excluding hydrogens is 206 g/mol. The second-order valence-electron chi connectivity index (χ2n) is 2.37. The molecule has 0 aliphatic rings. The summed E-state index contributed by atoms with van der Waals surface area (Å²) in [6.07, 6.45) is 4.04. The number of hydrogen-bond donors (Lipinski definition) is 1. The topological polar surface area (TPSA) is 29.1 Å². The Balaban J connectivity index is 0.000000921. The molecule has 0 radical (unpaired) electrons. The molecule has 0 saturated carbocycles. The molecule has 82 valence electrons. The number of carbonyl (C=O) groups is 1. The Hall–Kier alpha value is -1.06. The van der Waals surface area contributed by atoms with Crippen LogP contribution in [0.25, 0.3) is 6.08 Å². The zero-order valence-corrected chi connectivity index (χ0v) is 10.2. The lowest BCUT2D eigenvalue weighted by molar-refractivity contribution is -0.104. The Morgan fingerprint density at radius 3 is 2.27 bits per heavy atom. The summed E-state index contributed by atoms with van der Waals surface area (Å²) < 4.78 is 2.99. The number of benzene rings is 1. The van der Waals surface area contributed by atoms with Crippen LogP contribution in [0.1, 0.15) is 19.4 Å². The molecule has 0 bridgehead atoms. The Kier molecular flexibility index (Phi) is 8.82. The highest BCUT2D eigenvalue weighted by atomic mass is 32.2. The molecule has 2 nitrogen and oxygen atoms in total. The number of nitrogens with one attached hydrogen (secondary N) is 1. The van der Waals surface area contributed by atoms with Gasteiger partial charge in [0.1, 0.15) is 6.29 Å². The maximum atomic E-state index is 10.0. The van der Waals surface area contributed by atoms with Gasteiger partial charge in [-0.3, -0.25) is 9.52 Å². The van der Waals surface area contributed by atoms with Crippen LogP contribution in [-0.2, 0) is 4.79 Å². The highest BCUT2D eigenvalue weighted by Crippen LogP contribution is 2.14. The molecule has 0 aliphatic heterocycles. The van der Waals surface area contributed by atoms with Crippen LogP contribution in [-0.4, -0.2) is 13.3 Å². The number of carbonyl (C=O) groups excluding carboxylic acids is 1. The molecule has 0 aliphatic carbocycles. The minimum Gasteiger partial charge on any atom is -0.299 e. The minimum absolute atomic E-state index is 0.774. The Bertz CT molecular complexity index is 293. The monoisotopic (exact) mass is 223 g/mol. The maximum absolute atomic E-state index is 10.0. The van der Waals surface area contributed by atoms with Crippen molar-refractivity contribution in [3.8, 4) is 0 Å². The summed E-state index contributed by atoms with van der Waals surface area (Å²) >= 11 is 1.56. The summed E-state index contributed by atoms with van der Waals surface area (Å²) in [5.41, 5.74) is 1.03. The van der Waals surface area contributed by atoms with E-state index in [0.717, 1.165) is 16.7 Å². The van der Waals surface area contributed by atoms with Gasteiger partial charge in [0, 0.05) is 4.90 Å². The van der Waals surface area contributed by atoms with E-state index in [9.17, 15) is 4.79 Å². The van der Waals surface area contributed by atoms with Gasteiger partial charge < -0.3 is 0 Å². The average molecular weight is 223 g/mol. The van der Waals surface area contributed by atoms with Gasteiger partial charge >= 0.3 is 0 Å². The van der Waals surface area contributed by atoms with E-state index in [-0.39, 0.29) is 0 Å². The summed E-state index contributed by atoms with van der Waals surface area (Å²) in [4.78, 5) is 11.2. The summed E-state index contributed by atoms with van der Waals surface area (Å²) in [5.74, 6) is 0. The predicted molar refractivity (Wildman–Crippen MR) is 67.8 cm³/mol. The molecule has 0 unspecified atom stereocenters. The molecule has 0 fully saturated rings. The van der Waals surface area contributed by atoms with Gasteiger partial charge in [0.05, 0.1) is 0 Å². The van der Waals surface area contributed by atoms with E-state index < -0.39 is 0 Å². The van der Waals surface area contributed by atoms with Crippen LogP contribution in [0.2, 0.25) is 0 Å². The fraction of sp³-hybridized carbons (Fsp3) is 0.250. The number of rotatable bonds is 4. The standard InChI is InChI=1S/C10H11NOS.C2H6/c1-11-13-10-6-4-9(5-7-10)3-2-8-12;1-2/h2-8,11H,1H3;1-2H3/b3-2+;. The SMILES string of the molecule is CC.CNSc1ccc(/C=C/C=O)cc1. The highest BCUT2D eigenvalue weighted by Gasteiger charge is 1.90. The molecule has 0 aromatic heterocycles. The first kappa shape index (κ1) is 13.9. The van der Waals surface area contributed by atoms with Gasteiger partial charge in [-0.2, -0.15) is 0 Å². The predicted octanol–water partition coefficient (Wildman–Crippen LogP) is 3.15. The largest absolute Gasteiger partial charge is 0.299 e. The van der Waals surface area contributed by atoms with E-state index in [1.165, 1.54) is 6.08 Å². The van der Waals surface area contributed by atoms with Crippen molar-refractivity contribution < 1.29 is 4.79 Å².